The van der Waals surface area contributed by atoms with Gasteiger partial charge in [-0.05, 0) is 50.3 Å². The molecule has 8 nitrogen and oxygen atoms in total. The number of pyridine rings is 1. The summed E-state index contributed by atoms with van der Waals surface area (Å²) in [5, 5.41) is 7.73. The Kier molecular flexibility index (Phi) is 5.73. The Hall–Kier alpha value is -3.07. The minimum Gasteiger partial charge on any atom is -0.462 e. The van der Waals surface area contributed by atoms with Gasteiger partial charge < -0.3 is 15.0 Å². The highest BCUT2D eigenvalue weighted by molar-refractivity contribution is 5.95. The topological polar surface area (TPSA) is 84.6 Å². The number of aromatic nitrogens is 4. The number of esters is 1. The average Bonchev–Trinajstić information content (AvgIpc) is 3.32. The lowest BCUT2D eigenvalue weighted by Crippen LogP contribution is -2.26. The van der Waals surface area contributed by atoms with E-state index in [1.165, 1.54) is 25.2 Å². The van der Waals surface area contributed by atoms with Crippen LogP contribution in [0, 0.1) is 5.82 Å². The summed E-state index contributed by atoms with van der Waals surface area (Å²) in [6.07, 6.45) is 9.67. The molecule has 2 aliphatic rings. The first-order valence-electron chi connectivity index (χ1n) is 11.3. The van der Waals surface area contributed by atoms with Crippen LogP contribution < -0.4 is 10.2 Å². The lowest BCUT2D eigenvalue weighted by atomic mass is 10.0. The Bertz CT molecular complexity index is 1130. The molecule has 0 bridgehead atoms. The summed E-state index contributed by atoms with van der Waals surface area (Å²) >= 11 is 0. The van der Waals surface area contributed by atoms with Gasteiger partial charge in [0.1, 0.15) is 17.2 Å². The second-order valence-electron chi connectivity index (χ2n) is 8.35. The van der Waals surface area contributed by atoms with Crippen molar-refractivity contribution in [3.05, 3.63) is 53.4 Å². The number of nitrogens with zero attached hydrogens (tertiary/aromatic N) is 5. The van der Waals surface area contributed by atoms with Gasteiger partial charge in [-0.1, -0.05) is 0 Å². The van der Waals surface area contributed by atoms with Crippen molar-refractivity contribution in [2.75, 3.05) is 24.6 Å². The average molecular weight is 439 g/mol. The molecule has 5 rings (SSSR count). The van der Waals surface area contributed by atoms with E-state index in [2.05, 4.69) is 20.3 Å². The lowest BCUT2D eigenvalue weighted by molar-refractivity contribution is 0.0528. The quantitative estimate of drug-likeness (QED) is 0.541. The predicted molar refractivity (Wildman–Crippen MR) is 117 cm³/mol. The molecule has 9 heteroatoms. The van der Waals surface area contributed by atoms with Crippen LogP contribution in [0.1, 0.15) is 60.3 Å². The van der Waals surface area contributed by atoms with Gasteiger partial charge in [-0.2, -0.15) is 5.10 Å². The van der Waals surface area contributed by atoms with E-state index in [9.17, 15) is 9.18 Å². The number of carbonyl (C=O) groups is 1. The van der Waals surface area contributed by atoms with Crippen molar-refractivity contribution in [3.8, 4) is 0 Å². The van der Waals surface area contributed by atoms with Gasteiger partial charge in [0.2, 0.25) is 0 Å². The van der Waals surface area contributed by atoms with E-state index >= 15 is 0 Å². The highest BCUT2D eigenvalue weighted by Gasteiger charge is 2.30. The van der Waals surface area contributed by atoms with Gasteiger partial charge in [0, 0.05) is 37.4 Å². The van der Waals surface area contributed by atoms with Gasteiger partial charge in [0.15, 0.2) is 5.65 Å². The Labute approximate surface area is 185 Å². The fourth-order valence-electron chi connectivity index (χ4n) is 4.40. The summed E-state index contributed by atoms with van der Waals surface area (Å²) in [5.41, 5.74) is 2.64. The third-order valence-electron chi connectivity index (χ3n) is 6.10. The third-order valence-corrected chi connectivity index (χ3v) is 6.10. The van der Waals surface area contributed by atoms with Gasteiger partial charge in [0.25, 0.3) is 0 Å². The maximum absolute atomic E-state index is 14.2. The second-order valence-corrected chi connectivity index (χ2v) is 8.35. The molecule has 0 aromatic carbocycles. The van der Waals surface area contributed by atoms with Crippen molar-refractivity contribution >= 4 is 17.4 Å². The monoisotopic (exact) mass is 438 g/mol. The second kappa shape index (κ2) is 8.82. The highest BCUT2D eigenvalue weighted by Crippen LogP contribution is 2.37. The molecule has 0 radical (unpaired) electrons. The molecule has 1 atom stereocenters. The largest absolute Gasteiger partial charge is 0.462 e. The normalized spacial score (nSPS) is 18.4. The van der Waals surface area contributed by atoms with Crippen molar-refractivity contribution in [2.24, 2.45) is 0 Å². The number of ether oxygens (including phenoxy) is 1. The zero-order valence-corrected chi connectivity index (χ0v) is 18.1. The Balaban J connectivity index is 1.44. The number of fused-ring (bicyclic) bond motifs is 1. The van der Waals surface area contributed by atoms with Gasteiger partial charge in [0.05, 0.1) is 25.0 Å². The van der Waals surface area contributed by atoms with Crippen molar-refractivity contribution in [1.29, 1.82) is 0 Å². The summed E-state index contributed by atoms with van der Waals surface area (Å²) in [5.74, 6) is -0.0307. The van der Waals surface area contributed by atoms with E-state index in [0.717, 1.165) is 49.4 Å². The number of anilines is 1. The molecule has 32 heavy (non-hydrogen) atoms. The zero-order valence-electron chi connectivity index (χ0n) is 18.1. The van der Waals surface area contributed by atoms with E-state index in [0.29, 0.717) is 17.3 Å². The molecule has 1 saturated heterocycles. The number of hydrogen-bond donors (Lipinski definition) is 1. The van der Waals surface area contributed by atoms with Crippen LogP contribution in [0.25, 0.3) is 5.65 Å². The maximum Gasteiger partial charge on any atom is 0.343 e. The van der Waals surface area contributed by atoms with Crippen molar-refractivity contribution < 1.29 is 13.9 Å². The minimum absolute atomic E-state index is 0.0157. The van der Waals surface area contributed by atoms with Gasteiger partial charge in [-0.25, -0.2) is 18.7 Å². The van der Waals surface area contributed by atoms with E-state index in [1.807, 2.05) is 6.07 Å². The summed E-state index contributed by atoms with van der Waals surface area (Å²) in [7, 11) is 0. The van der Waals surface area contributed by atoms with Crippen LogP contribution in [0.2, 0.25) is 0 Å². The molecular weight excluding hydrogens is 411 g/mol. The van der Waals surface area contributed by atoms with Crippen molar-refractivity contribution in [3.63, 3.8) is 0 Å². The van der Waals surface area contributed by atoms with Crippen LogP contribution >= 0.6 is 0 Å². The standard InChI is InChI=1S/C23H27FN6O2/c1-2-32-23(31)18-14-27-30-11-8-21(28-22(18)30)29-10-3-4-20(29)17-12-15(24)13-26-19(17)7-9-25-16-5-6-16/h8,11-14,16,20,25H,2-7,9-10H2,1H3/t20-/m0/s1. The molecule has 0 spiro atoms. The molecule has 1 saturated carbocycles. The third kappa shape index (κ3) is 4.17. The van der Waals surface area contributed by atoms with Crippen molar-refractivity contribution in [2.45, 2.75) is 51.1 Å². The lowest BCUT2D eigenvalue weighted by Gasteiger charge is -2.27. The van der Waals surface area contributed by atoms with Gasteiger partial charge >= 0.3 is 5.97 Å². The molecule has 0 amide bonds. The first kappa shape index (κ1) is 20.8. The van der Waals surface area contributed by atoms with Crippen LogP contribution in [-0.4, -0.2) is 51.3 Å². The van der Waals surface area contributed by atoms with E-state index in [1.54, 1.807) is 23.7 Å². The molecule has 1 aliphatic carbocycles. The molecule has 0 unspecified atom stereocenters. The molecular formula is C23H27FN6O2. The molecule has 1 N–H and O–H groups in total. The smallest absolute Gasteiger partial charge is 0.343 e. The van der Waals surface area contributed by atoms with Crippen LogP contribution in [0.3, 0.4) is 0 Å². The van der Waals surface area contributed by atoms with Crippen LogP contribution in [0.15, 0.2) is 30.7 Å². The summed E-state index contributed by atoms with van der Waals surface area (Å²) < 4.78 is 20.9. The molecule has 4 heterocycles. The van der Waals surface area contributed by atoms with Gasteiger partial charge in [-0.3, -0.25) is 4.98 Å². The number of hydrogen-bond acceptors (Lipinski definition) is 7. The van der Waals surface area contributed by atoms with Crippen LogP contribution in [0.4, 0.5) is 10.2 Å². The van der Waals surface area contributed by atoms with Crippen LogP contribution in [-0.2, 0) is 11.2 Å². The molecule has 3 aromatic rings. The van der Waals surface area contributed by atoms with E-state index < -0.39 is 5.97 Å². The molecule has 2 fully saturated rings. The number of carbonyl (C=O) groups excluding carboxylic acids is 1. The van der Waals surface area contributed by atoms with E-state index in [-0.39, 0.29) is 18.5 Å². The summed E-state index contributed by atoms with van der Waals surface area (Å²) in [6, 6.07) is 4.11. The molecule has 3 aromatic heterocycles. The van der Waals surface area contributed by atoms with E-state index in [4.69, 9.17) is 9.72 Å². The van der Waals surface area contributed by atoms with Crippen LogP contribution in [0.5, 0.6) is 0 Å². The zero-order chi connectivity index (χ0) is 22.1. The number of halogens is 1. The predicted octanol–water partition coefficient (Wildman–Crippen LogP) is 3.08. The number of rotatable bonds is 8. The number of nitrogens with one attached hydrogen (secondary N) is 1. The minimum atomic E-state index is -0.440. The first-order valence-corrected chi connectivity index (χ1v) is 11.3. The fraction of sp³-hybridized carbons (Fsp3) is 0.478. The Morgan fingerprint density at radius 1 is 1.31 bits per heavy atom. The Morgan fingerprint density at radius 3 is 3.00 bits per heavy atom. The maximum atomic E-state index is 14.2. The summed E-state index contributed by atoms with van der Waals surface area (Å²) in [6.45, 7) is 3.69. The SMILES string of the molecule is CCOC(=O)c1cnn2ccc(N3CCC[C@H]3c3cc(F)cnc3CCNC3CC3)nc12. The van der Waals surface area contributed by atoms with Gasteiger partial charge in [-0.15, -0.1) is 0 Å². The summed E-state index contributed by atoms with van der Waals surface area (Å²) in [4.78, 5) is 23.6. The Morgan fingerprint density at radius 2 is 2.19 bits per heavy atom. The first-order chi connectivity index (χ1) is 15.6. The molecule has 1 aliphatic heterocycles. The highest BCUT2D eigenvalue weighted by atomic mass is 19.1. The van der Waals surface area contributed by atoms with Crippen molar-refractivity contribution in [1.82, 2.24) is 24.9 Å². The molecule has 168 valence electrons. The fourth-order valence-corrected chi connectivity index (χ4v) is 4.40.